The highest BCUT2D eigenvalue weighted by Crippen LogP contribution is 2.21. The molecule has 0 spiro atoms. The Labute approximate surface area is 158 Å². The summed E-state index contributed by atoms with van der Waals surface area (Å²) in [5.41, 5.74) is 0.614. The van der Waals surface area contributed by atoms with E-state index in [1.54, 1.807) is 19.1 Å². The molecule has 144 valence electrons. The van der Waals surface area contributed by atoms with Crippen LogP contribution in [-0.4, -0.2) is 26.3 Å². The number of esters is 1. The Bertz CT molecular complexity index is 923. The van der Waals surface area contributed by atoms with Gasteiger partial charge in [0.25, 0.3) is 5.91 Å². The van der Waals surface area contributed by atoms with E-state index >= 15 is 0 Å². The van der Waals surface area contributed by atoms with Crippen molar-refractivity contribution in [1.82, 2.24) is 4.72 Å². The van der Waals surface area contributed by atoms with E-state index in [0.717, 1.165) is 0 Å². The average molecular weight is 390 g/mol. The average Bonchev–Trinajstić information content (AvgIpc) is 2.61. The molecule has 2 aromatic carbocycles. The van der Waals surface area contributed by atoms with Gasteiger partial charge in [0, 0.05) is 18.7 Å². The fraction of sp³-hybridized carbons (Fsp3) is 0.263. The minimum Gasteiger partial charge on any atom is -0.426 e. The van der Waals surface area contributed by atoms with E-state index in [9.17, 15) is 18.0 Å². The van der Waals surface area contributed by atoms with Gasteiger partial charge in [-0.15, -0.1) is 0 Å². The molecule has 0 aliphatic heterocycles. The number of nitrogens with one attached hydrogen (secondary N) is 2. The topological polar surface area (TPSA) is 102 Å². The van der Waals surface area contributed by atoms with Gasteiger partial charge in [-0.05, 0) is 49.7 Å². The van der Waals surface area contributed by atoms with Crippen LogP contribution in [0.4, 0.5) is 5.69 Å². The van der Waals surface area contributed by atoms with Gasteiger partial charge in [-0.1, -0.05) is 19.1 Å². The number of ether oxygens (including phenoxy) is 1. The summed E-state index contributed by atoms with van der Waals surface area (Å²) in [7, 11) is -3.61. The summed E-state index contributed by atoms with van der Waals surface area (Å²) in [5.74, 6) is -0.849. The first-order valence-corrected chi connectivity index (χ1v) is 9.92. The zero-order valence-corrected chi connectivity index (χ0v) is 16.2. The fourth-order valence-electron chi connectivity index (χ4n) is 2.23. The summed E-state index contributed by atoms with van der Waals surface area (Å²) in [6, 6.07) is 12.0. The molecule has 0 saturated heterocycles. The van der Waals surface area contributed by atoms with Gasteiger partial charge in [0.1, 0.15) is 5.75 Å². The fourth-order valence-corrected chi connectivity index (χ4v) is 3.56. The molecule has 0 fully saturated rings. The summed E-state index contributed by atoms with van der Waals surface area (Å²) in [5, 5.41) is 2.66. The molecule has 0 saturated carbocycles. The number of para-hydroxylation sites is 1. The van der Waals surface area contributed by atoms with Crippen molar-refractivity contribution in [2.75, 3.05) is 5.32 Å². The second-order valence-corrected chi connectivity index (χ2v) is 7.71. The first-order chi connectivity index (χ1) is 12.7. The number of rotatable bonds is 7. The van der Waals surface area contributed by atoms with E-state index in [1.807, 2.05) is 6.92 Å². The van der Waals surface area contributed by atoms with E-state index in [0.29, 0.717) is 12.1 Å². The highest BCUT2D eigenvalue weighted by Gasteiger charge is 2.17. The monoisotopic (exact) mass is 390 g/mol. The van der Waals surface area contributed by atoms with Gasteiger partial charge >= 0.3 is 5.97 Å². The Morgan fingerprint density at radius 3 is 2.30 bits per heavy atom. The molecule has 27 heavy (non-hydrogen) atoms. The molecule has 0 unspecified atom stereocenters. The van der Waals surface area contributed by atoms with Crippen molar-refractivity contribution in [2.45, 2.75) is 38.1 Å². The number of sulfonamides is 1. The van der Waals surface area contributed by atoms with Gasteiger partial charge in [0.2, 0.25) is 10.0 Å². The lowest BCUT2D eigenvalue weighted by molar-refractivity contribution is -0.131. The van der Waals surface area contributed by atoms with Gasteiger partial charge < -0.3 is 10.1 Å². The predicted octanol–water partition coefficient (Wildman–Crippen LogP) is 2.94. The number of carbonyl (C=O) groups is 2. The third-order valence-corrected chi connectivity index (χ3v) is 5.38. The Kier molecular flexibility index (Phi) is 6.70. The number of hydrogen-bond acceptors (Lipinski definition) is 5. The van der Waals surface area contributed by atoms with Gasteiger partial charge in [-0.2, -0.15) is 0 Å². The van der Waals surface area contributed by atoms with E-state index in [4.69, 9.17) is 4.74 Å². The molecule has 8 heteroatoms. The van der Waals surface area contributed by atoms with Crippen molar-refractivity contribution >= 4 is 27.6 Å². The van der Waals surface area contributed by atoms with Crippen LogP contribution in [0, 0.1) is 0 Å². The van der Waals surface area contributed by atoms with Crippen LogP contribution in [0.2, 0.25) is 0 Å². The number of hydrogen-bond donors (Lipinski definition) is 2. The van der Waals surface area contributed by atoms with E-state index in [2.05, 4.69) is 10.0 Å². The van der Waals surface area contributed by atoms with Crippen LogP contribution < -0.4 is 14.8 Å². The minimum atomic E-state index is -3.61. The van der Waals surface area contributed by atoms with Crippen LogP contribution in [-0.2, 0) is 14.8 Å². The molecular weight excluding hydrogens is 368 g/mol. The third kappa shape index (κ3) is 5.63. The maximum absolute atomic E-state index is 12.4. The molecule has 0 aliphatic carbocycles. The molecular formula is C19H22N2O5S. The highest BCUT2D eigenvalue weighted by molar-refractivity contribution is 7.89. The lowest BCUT2D eigenvalue weighted by atomic mass is 10.2. The second kappa shape index (κ2) is 8.79. The molecule has 2 N–H and O–H groups in total. The van der Waals surface area contributed by atoms with Crippen LogP contribution in [0.1, 0.15) is 37.6 Å². The minimum absolute atomic E-state index is 0.112. The molecule has 1 amide bonds. The standard InChI is InChI=1S/C19H22N2O5S/c1-4-13(2)21-27(24,25)16-11-9-15(10-12-16)20-19(23)17-7-5-6-8-18(17)26-14(3)22/h5-13,21H,4H2,1-3H3,(H,20,23)/t13-/m1/s1. The summed E-state index contributed by atoms with van der Waals surface area (Å²) >= 11 is 0. The lowest BCUT2D eigenvalue weighted by Crippen LogP contribution is -2.31. The van der Waals surface area contributed by atoms with Crippen molar-refractivity contribution in [3.8, 4) is 5.75 Å². The smallest absolute Gasteiger partial charge is 0.308 e. The SMILES string of the molecule is CC[C@@H](C)NS(=O)(=O)c1ccc(NC(=O)c2ccccc2OC(C)=O)cc1. The maximum atomic E-state index is 12.4. The molecule has 2 rings (SSSR count). The molecule has 0 bridgehead atoms. The highest BCUT2D eigenvalue weighted by atomic mass is 32.2. The van der Waals surface area contributed by atoms with Gasteiger partial charge in [0.15, 0.2) is 0 Å². The number of anilines is 1. The molecule has 0 radical (unpaired) electrons. The Balaban J connectivity index is 2.15. The quantitative estimate of drug-likeness (QED) is 0.559. The molecule has 0 aromatic heterocycles. The largest absolute Gasteiger partial charge is 0.426 e. The van der Waals surface area contributed by atoms with Gasteiger partial charge in [-0.3, -0.25) is 9.59 Å². The van der Waals surface area contributed by atoms with Crippen LogP contribution in [0.25, 0.3) is 0 Å². The predicted molar refractivity (Wildman–Crippen MR) is 102 cm³/mol. The molecule has 2 aromatic rings. The molecule has 0 heterocycles. The lowest BCUT2D eigenvalue weighted by Gasteiger charge is -2.13. The second-order valence-electron chi connectivity index (χ2n) is 6.00. The van der Waals surface area contributed by atoms with Crippen LogP contribution in [0.15, 0.2) is 53.4 Å². The van der Waals surface area contributed by atoms with Gasteiger partial charge in [-0.25, -0.2) is 13.1 Å². The van der Waals surface area contributed by atoms with Crippen molar-refractivity contribution < 1.29 is 22.7 Å². The molecule has 0 aliphatic rings. The van der Waals surface area contributed by atoms with Crippen molar-refractivity contribution in [2.24, 2.45) is 0 Å². The van der Waals surface area contributed by atoms with Crippen LogP contribution >= 0.6 is 0 Å². The summed E-state index contributed by atoms with van der Waals surface area (Å²) in [4.78, 5) is 23.7. The first-order valence-electron chi connectivity index (χ1n) is 8.44. The Morgan fingerprint density at radius 1 is 1.07 bits per heavy atom. The maximum Gasteiger partial charge on any atom is 0.308 e. The third-order valence-electron chi connectivity index (χ3n) is 3.78. The number of amides is 1. The summed E-state index contributed by atoms with van der Waals surface area (Å²) in [6.45, 7) is 4.92. The summed E-state index contributed by atoms with van der Waals surface area (Å²) < 4.78 is 32.1. The summed E-state index contributed by atoms with van der Waals surface area (Å²) in [6.07, 6.45) is 0.676. The van der Waals surface area contributed by atoms with E-state index < -0.39 is 21.9 Å². The van der Waals surface area contributed by atoms with Crippen LogP contribution in [0.5, 0.6) is 5.75 Å². The number of carbonyl (C=O) groups excluding carboxylic acids is 2. The van der Waals surface area contributed by atoms with E-state index in [1.165, 1.54) is 43.3 Å². The van der Waals surface area contributed by atoms with Crippen LogP contribution in [0.3, 0.4) is 0 Å². The normalized spacial score (nSPS) is 12.3. The zero-order valence-electron chi connectivity index (χ0n) is 15.4. The Hall–Kier alpha value is -2.71. The number of benzene rings is 2. The van der Waals surface area contributed by atoms with Gasteiger partial charge in [0.05, 0.1) is 10.5 Å². The first kappa shape index (κ1) is 20.6. The zero-order chi connectivity index (χ0) is 20.0. The molecule has 7 nitrogen and oxygen atoms in total. The Morgan fingerprint density at radius 2 is 1.70 bits per heavy atom. The van der Waals surface area contributed by atoms with E-state index in [-0.39, 0.29) is 22.3 Å². The molecule has 1 atom stereocenters. The van der Waals surface area contributed by atoms with Crippen molar-refractivity contribution in [1.29, 1.82) is 0 Å². The van der Waals surface area contributed by atoms with Crippen molar-refractivity contribution in [3.05, 3.63) is 54.1 Å². The van der Waals surface area contributed by atoms with Crippen molar-refractivity contribution in [3.63, 3.8) is 0 Å².